The van der Waals surface area contributed by atoms with Crippen LogP contribution in [0.1, 0.15) is 24.4 Å². The van der Waals surface area contributed by atoms with Crippen LogP contribution in [0.3, 0.4) is 0 Å². The fourth-order valence-electron chi connectivity index (χ4n) is 1.81. The largest absolute Gasteiger partial charge is 0.449 e. The minimum absolute atomic E-state index is 0.0181. The number of furan rings is 1. The lowest BCUT2D eigenvalue weighted by molar-refractivity contribution is -0.129. The van der Waals surface area contributed by atoms with Crippen molar-refractivity contribution in [3.05, 3.63) is 48.0 Å². The van der Waals surface area contributed by atoms with Gasteiger partial charge in [-0.2, -0.15) is 0 Å². The van der Waals surface area contributed by atoms with Gasteiger partial charge in [0.25, 0.3) is 5.91 Å². The van der Waals surface area contributed by atoms with E-state index in [2.05, 4.69) is 5.32 Å². The van der Waals surface area contributed by atoms with Crippen LogP contribution in [0.2, 0.25) is 0 Å². The Hall–Kier alpha value is -2.63. The summed E-state index contributed by atoms with van der Waals surface area (Å²) in [5.74, 6) is -1.06. The van der Waals surface area contributed by atoms with Gasteiger partial charge in [0, 0.05) is 12.1 Å². The Balaban J connectivity index is 2.06. The molecule has 1 aromatic carbocycles. The van der Waals surface area contributed by atoms with Gasteiger partial charge >= 0.3 is 5.97 Å². The summed E-state index contributed by atoms with van der Waals surface area (Å²) in [6, 6.07) is 8.72. The van der Waals surface area contributed by atoms with Gasteiger partial charge in [-0.1, -0.05) is 0 Å². The van der Waals surface area contributed by atoms with Crippen LogP contribution in [-0.2, 0) is 9.53 Å². The van der Waals surface area contributed by atoms with Crippen LogP contribution in [-0.4, -0.2) is 24.5 Å². The topological polar surface area (TPSA) is 68.5 Å². The first kappa shape index (κ1) is 15.8. The maximum Gasteiger partial charge on any atom is 0.375 e. The van der Waals surface area contributed by atoms with Crippen molar-refractivity contribution in [2.45, 2.75) is 20.0 Å². The normalized spacial score (nSPS) is 11.8. The maximum absolute atomic E-state index is 12.9. The number of esters is 1. The lowest BCUT2D eigenvalue weighted by Gasteiger charge is -2.11. The molecule has 116 valence electrons. The Morgan fingerprint density at radius 3 is 2.55 bits per heavy atom. The zero-order chi connectivity index (χ0) is 16.1. The van der Waals surface area contributed by atoms with E-state index in [1.54, 1.807) is 25.1 Å². The van der Waals surface area contributed by atoms with Gasteiger partial charge in [0.2, 0.25) is 5.76 Å². The first-order chi connectivity index (χ1) is 10.5. The third-order valence-electron chi connectivity index (χ3n) is 2.94. The number of halogens is 1. The number of ether oxygens (including phenoxy) is 1. The van der Waals surface area contributed by atoms with E-state index in [4.69, 9.17) is 9.15 Å². The highest BCUT2D eigenvalue weighted by molar-refractivity contribution is 5.90. The van der Waals surface area contributed by atoms with E-state index in [-0.39, 0.29) is 17.5 Å². The summed E-state index contributed by atoms with van der Waals surface area (Å²) >= 11 is 0. The smallest absolute Gasteiger partial charge is 0.375 e. The summed E-state index contributed by atoms with van der Waals surface area (Å²) < 4.78 is 23.3. The van der Waals surface area contributed by atoms with Gasteiger partial charge in [0.1, 0.15) is 11.6 Å². The molecular formula is C16H16FNO4. The van der Waals surface area contributed by atoms with Crippen molar-refractivity contribution in [1.82, 2.24) is 5.32 Å². The summed E-state index contributed by atoms with van der Waals surface area (Å²) in [5, 5.41) is 2.56. The van der Waals surface area contributed by atoms with E-state index in [1.807, 2.05) is 0 Å². The molecule has 1 N–H and O–H groups in total. The summed E-state index contributed by atoms with van der Waals surface area (Å²) in [4.78, 5) is 23.4. The van der Waals surface area contributed by atoms with E-state index in [9.17, 15) is 14.0 Å². The fraction of sp³-hybridized carbons (Fsp3) is 0.250. The molecule has 0 radical (unpaired) electrons. The predicted octanol–water partition coefficient (Wildman–Crippen LogP) is 2.77. The molecule has 22 heavy (non-hydrogen) atoms. The second kappa shape index (κ2) is 6.89. The summed E-state index contributed by atoms with van der Waals surface area (Å²) in [5.41, 5.74) is 0.636. The number of nitrogens with one attached hydrogen (secondary N) is 1. The molecule has 0 unspecified atom stereocenters. The Morgan fingerprint density at radius 2 is 1.91 bits per heavy atom. The first-order valence-electron chi connectivity index (χ1n) is 6.85. The fourth-order valence-corrected chi connectivity index (χ4v) is 1.81. The number of rotatable bonds is 5. The minimum Gasteiger partial charge on any atom is -0.449 e. The summed E-state index contributed by atoms with van der Waals surface area (Å²) in [6.07, 6.45) is -0.910. The molecule has 5 nitrogen and oxygen atoms in total. The highest BCUT2D eigenvalue weighted by atomic mass is 19.1. The molecule has 0 saturated heterocycles. The zero-order valence-electron chi connectivity index (χ0n) is 12.3. The van der Waals surface area contributed by atoms with Gasteiger partial charge in [0.05, 0.1) is 0 Å². The first-order valence-corrected chi connectivity index (χ1v) is 6.85. The number of hydrogen-bond acceptors (Lipinski definition) is 4. The van der Waals surface area contributed by atoms with E-state index in [0.29, 0.717) is 17.9 Å². The van der Waals surface area contributed by atoms with E-state index in [0.717, 1.165) is 0 Å². The van der Waals surface area contributed by atoms with Crippen molar-refractivity contribution in [1.29, 1.82) is 0 Å². The van der Waals surface area contributed by atoms with Crippen LogP contribution in [0.25, 0.3) is 11.3 Å². The van der Waals surface area contributed by atoms with Crippen molar-refractivity contribution >= 4 is 11.9 Å². The molecule has 0 bridgehead atoms. The standard InChI is InChI=1S/C16H16FNO4/c1-3-18-15(19)10(2)21-16(20)14-9-8-13(22-14)11-4-6-12(17)7-5-11/h4-10H,3H2,1-2H3,(H,18,19)/t10-/m0/s1. The van der Waals surface area contributed by atoms with E-state index in [1.165, 1.54) is 25.1 Å². The van der Waals surface area contributed by atoms with Crippen LogP contribution in [0.5, 0.6) is 0 Å². The molecule has 0 spiro atoms. The van der Waals surface area contributed by atoms with Gasteiger partial charge in [0.15, 0.2) is 6.10 Å². The molecule has 1 aromatic heterocycles. The lowest BCUT2D eigenvalue weighted by atomic mass is 10.2. The second-order valence-electron chi connectivity index (χ2n) is 4.61. The number of carbonyl (C=O) groups excluding carboxylic acids is 2. The van der Waals surface area contributed by atoms with Gasteiger partial charge in [-0.15, -0.1) is 0 Å². The zero-order valence-corrected chi connectivity index (χ0v) is 12.3. The number of amides is 1. The SMILES string of the molecule is CCNC(=O)[C@H](C)OC(=O)c1ccc(-c2ccc(F)cc2)o1. The van der Waals surface area contributed by atoms with Gasteiger partial charge in [-0.25, -0.2) is 9.18 Å². The molecular weight excluding hydrogens is 289 g/mol. The van der Waals surface area contributed by atoms with Crippen molar-refractivity contribution in [3.8, 4) is 11.3 Å². The van der Waals surface area contributed by atoms with Gasteiger partial charge in [-0.05, 0) is 50.2 Å². The summed E-state index contributed by atoms with van der Waals surface area (Å²) in [6.45, 7) is 3.71. The molecule has 6 heteroatoms. The third kappa shape index (κ3) is 3.72. The monoisotopic (exact) mass is 305 g/mol. The van der Waals surface area contributed by atoms with Gasteiger partial charge in [-0.3, -0.25) is 4.79 Å². The Morgan fingerprint density at radius 1 is 1.23 bits per heavy atom. The van der Waals surface area contributed by atoms with Crippen molar-refractivity contribution in [2.75, 3.05) is 6.54 Å². The number of carbonyl (C=O) groups is 2. The highest BCUT2D eigenvalue weighted by Gasteiger charge is 2.20. The Kier molecular flexibility index (Phi) is 4.93. The van der Waals surface area contributed by atoms with E-state index < -0.39 is 12.1 Å². The van der Waals surface area contributed by atoms with Gasteiger partial charge < -0.3 is 14.5 Å². The van der Waals surface area contributed by atoms with E-state index >= 15 is 0 Å². The van der Waals surface area contributed by atoms with Crippen molar-refractivity contribution < 1.29 is 23.1 Å². The molecule has 1 amide bonds. The second-order valence-corrected chi connectivity index (χ2v) is 4.61. The molecule has 2 aromatic rings. The molecule has 1 atom stereocenters. The quantitative estimate of drug-likeness (QED) is 0.862. The summed E-state index contributed by atoms with van der Waals surface area (Å²) in [7, 11) is 0. The Bertz CT molecular complexity index is 663. The predicted molar refractivity (Wildman–Crippen MR) is 77.7 cm³/mol. The van der Waals surface area contributed by atoms with Crippen LogP contribution in [0.15, 0.2) is 40.8 Å². The Labute approximate surface area is 127 Å². The van der Waals surface area contributed by atoms with Crippen molar-refractivity contribution in [2.24, 2.45) is 0 Å². The van der Waals surface area contributed by atoms with Crippen LogP contribution in [0.4, 0.5) is 4.39 Å². The molecule has 0 aliphatic heterocycles. The molecule has 0 fully saturated rings. The average Bonchev–Trinajstić information content (AvgIpc) is 2.98. The number of hydrogen-bond donors (Lipinski definition) is 1. The van der Waals surface area contributed by atoms with Crippen LogP contribution >= 0.6 is 0 Å². The van der Waals surface area contributed by atoms with Crippen LogP contribution in [0, 0.1) is 5.82 Å². The average molecular weight is 305 g/mol. The number of benzene rings is 1. The van der Waals surface area contributed by atoms with Crippen LogP contribution < -0.4 is 5.32 Å². The van der Waals surface area contributed by atoms with Crippen molar-refractivity contribution in [3.63, 3.8) is 0 Å². The molecule has 1 heterocycles. The molecule has 0 aliphatic carbocycles. The third-order valence-corrected chi connectivity index (χ3v) is 2.94. The highest BCUT2D eigenvalue weighted by Crippen LogP contribution is 2.23. The molecule has 2 rings (SSSR count). The lowest BCUT2D eigenvalue weighted by Crippen LogP contribution is -2.35. The molecule has 0 saturated carbocycles. The minimum atomic E-state index is -0.910. The molecule has 0 aliphatic rings. The maximum atomic E-state index is 12.9. The number of likely N-dealkylation sites (N-methyl/N-ethyl adjacent to an activating group) is 1.